The lowest BCUT2D eigenvalue weighted by molar-refractivity contribution is -0.144. The number of amidine groups is 1. The van der Waals surface area contributed by atoms with Gasteiger partial charge in [-0.25, -0.2) is 9.79 Å². The maximum absolute atomic E-state index is 12.3. The number of rotatable bonds is 6. The number of benzene rings is 2. The Balaban J connectivity index is 1.86. The van der Waals surface area contributed by atoms with Crippen molar-refractivity contribution in [2.24, 2.45) is 4.99 Å². The number of aromatic nitrogens is 1. The Morgan fingerprint density at radius 1 is 1.19 bits per heavy atom. The summed E-state index contributed by atoms with van der Waals surface area (Å²) in [6.45, 7) is 2.61. The van der Waals surface area contributed by atoms with Gasteiger partial charge in [-0.3, -0.25) is 4.79 Å². The Morgan fingerprint density at radius 2 is 1.94 bits per heavy atom. The molecule has 2 aromatic carbocycles. The van der Waals surface area contributed by atoms with Crippen molar-refractivity contribution >= 4 is 46.6 Å². The SMILES string of the molecule is CC/C(=N\c1c(C=O)c2ccccc2n1Cc1ccccc1)N1CSC[C@H]1C(=O)OC. The van der Waals surface area contributed by atoms with Gasteiger partial charge in [0.1, 0.15) is 17.7 Å². The van der Waals surface area contributed by atoms with Gasteiger partial charge in [-0.1, -0.05) is 55.5 Å². The van der Waals surface area contributed by atoms with Crippen LogP contribution in [-0.4, -0.2) is 52.3 Å². The van der Waals surface area contributed by atoms with Gasteiger partial charge in [0, 0.05) is 24.1 Å². The number of nitrogens with zero attached hydrogens (tertiary/aromatic N) is 3. The first-order chi connectivity index (χ1) is 15.2. The number of thioether (sulfide) groups is 1. The Morgan fingerprint density at radius 3 is 2.65 bits per heavy atom. The number of carbonyl (C=O) groups excluding carboxylic acids is 2. The van der Waals surface area contributed by atoms with Crippen molar-refractivity contribution in [2.75, 3.05) is 18.7 Å². The van der Waals surface area contributed by atoms with Crippen LogP contribution in [0.4, 0.5) is 5.82 Å². The second-order valence-corrected chi connectivity index (χ2v) is 8.33. The number of ether oxygens (including phenoxy) is 1. The Hall–Kier alpha value is -3.06. The van der Waals surface area contributed by atoms with E-state index in [1.54, 1.807) is 11.8 Å². The monoisotopic (exact) mass is 435 g/mol. The number of para-hydroxylation sites is 1. The topological polar surface area (TPSA) is 63.9 Å². The van der Waals surface area contributed by atoms with E-state index in [9.17, 15) is 9.59 Å². The molecule has 1 atom stereocenters. The van der Waals surface area contributed by atoms with Gasteiger partial charge in [0.25, 0.3) is 0 Å². The summed E-state index contributed by atoms with van der Waals surface area (Å²) in [5.41, 5.74) is 2.65. The van der Waals surface area contributed by atoms with E-state index in [1.165, 1.54) is 7.11 Å². The smallest absolute Gasteiger partial charge is 0.329 e. The third-order valence-corrected chi connectivity index (χ3v) is 6.53. The molecule has 1 fully saturated rings. The first kappa shape index (κ1) is 21.2. The minimum atomic E-state index is -0.361. The number of aldehydes is 1. The summed E-state index contributed by atoms with van der Waals surface area (Å²) in [7, 11) is 1.41. The summed E-state index contributed by atoms with van der Waals surface area (Å²) >= 11 is 1.68. The number of carbonyl (C=O) groups is 2. The average molecular weight is 436 g/mol. The predicted octanol–water partition coefficient (Wildman–Crippen LogP) is 4.49. The summed E-state index contributed by atoms with van der Waals surface area (Å²) in [6.07, 6.45) is 1.52. The van der Waals surface area contributed by atoms with Crippen molar-refractivity contribution in [2.45, 2.75) is 25.9 Å². The van der Waals surface area contributed by atoms with Crippen LogP contribution in [-0.2, 0) is 16.1 Å². The normalized spacial score (nSPS) is 16.6. The zero-order valence-electron chi connectivity index (χ0n) is 17.7. The van der Waals surface area contributed by atoms with Crippen molar-refractivity contribution in [3.63, 3.8) is 0 Å². The second kappa shape index (κ2) is 9.39. The van der Waals surface area contributed by atoms with Gasteiger partial charge in [0.15, 0.2) is 6.29 Å². The highest BCUT2D eigenvalue weighted by Gasteiger charge is 2.34. The average Bonchev–Trinajstić information content (AvgIpc) is 3.41. The molecule has 7 heteroatoms. The minimum Gasteiger partial charge on any atom is -0.467 e. The highest BCUT2D eigenvalue weighted by atomic mass is 32.2. The lowest BCUT2D eigenvalue weighted by Gasteiger charge is -2.25. The third-order valence-electron chi connectivity index (χ3n) is 5.52. The van der Waals surface area contributed by atoms with Crippen LogP contribution in [0.3, 0.4) is 0 Å². The van der Waals surface area contributed by atoms with Gasteiger partial charge < -0.3 is 14.2 Å². The molecule has 160 valence electrons. The lowest BCUT2D eigenvalue weighted by Crippen LogP contribution is -2.42. The molecule has 4 rings (SSSR count). The van der Waals surface area contributed by atoms with Crippen LogP contribution in [0.5, 0.6) is 0 Å². The van der Waals surface area contributed by atoms with Gasteiger partial charge in [0.2, 0.25) is 0 Å². The number of hydrogen-bond donors (Lipinski definition) is 0. The van der Waals surface area contributed by atoms with E-state index in [0.29, 0.717) is 36.0 Å². The Kier molecular flexibility index (Phi) is 6.42. The molecule has 1 aromatic heterocycles. The zero-order chi connectivity index (χ0) is 21.8. The summed E-state index contributed by atoms with van der Waals surface area (Å²) in [6, 6.07) is 17.6. The maximum atomic E-state index is 12.3. The second-order valence-electron chi connectivity index (χ2n) is 7.33. The first-order valence-electron chi connectivity index (χ1n) is 10.3. The van der Waals surface area contributed by atoms with Gasteiger partial charge in [0.05, 0.1) is 24.1 Å². The molecular formula is C24H25N3O3S. The first-order valence-corrected chi connectivity index (χ1v) is 11.4. The van der Waals surface area contributed by atoms with Crippen LogP contribution >= 0.6 is 11.8 Å². The number of aliphatic imine (C=N–C) groups is 1. The molecule has 0 spiro atoms. The van der Waals surface area contributed by atoms with Crippen LogP contribution < -0.4 is 0 Å². The lowest BCUT2D eigenvalue weighted by atomic mass is 10.2. The van der Waals surface area contributed by atoms with E-state index in [1.807, 2.05) is 54.3 Å². The Bertz CT molecular complexity index is 1120. The Labute approximate surface area is 185 Å². The van der Waals surface area contributed by atoms with E-state index in [0.717, 1.165) is 28.6 Å². The van der Waals surface area contributed by atoms with Crippen LogP contribution in [0, 0.1) is 0 Å². The molecular weight excluding hydrogens is 410 g/mol. The zero-order valence-corrected chi connectivity index (χ0v) is 18.5. The molecule has 0 N–H and O–H groups in total. The number of fused-ring (bicyclic) bond motifs is 1. The summed E-state index contributed by atoms with van der Waals surface area (Å²) < 4.78 is 7.08. The van der Waals surface area contributed by atoms with Crippen molar-refractivity contribution < 1.29 is 14.3 Å². The van der Waals surface area contributed by atoms with Crippen LogP contribution in [0.2, 0.25) is 0 Å². The van der Waals surface area contributed by atoms with E-state index in [4.69, 9.17) is 9.73 Å². The van der Waals surface area contributed by atoms with Gasteiger partial charge in [-0.05, 0) is 11.6 Å². The van der Waals surface area contributed by atoms with Crippen LogP contribution in [0.15, 0.2) is 59.6 Å². The quantitative estimate of drug-likeness (QED) is 0.247. The summed E-state index contributed by atoms with van der Waals surface area (Å²) in [5.74, 6) is 2.48. The molecule has 3 aromatic rings. The largest absolute Gasteiger partial charge is 0.467 e. The molecule has 1 aliphatic rings. The van der Waals surface area contributed by atoms with Gasteiger partial charge >= 0.3 is 5.97 Å². The molecule has 0 unspecified atom stereocenters. The third kappa shape index (κ3) is 4.10. The highest BCUT2D eigenvalue weighted by molar-refractivity contribution is 7.99. The van der Waals surface area contributed by atoms with Crippen LogP contribution in [0.25, 0.3) is 10.9 Å². The maximum Gasteiger partial charge on any atom is 0.329 e. The number of hydrogen-bond acceptors (Lipinski definition) is 5. The molecule has 6 nitrogen and oxygen atoms in total. The molecule has 2 heterocycles. The standard InChI is InChI=1S/C24H25N3O3S/c1-3-22(27-16-31-15-21(27)24(29)30-2)25-23-19(14-28)18-11-7-8-12-20(18)26(23)13-17-9-5-4-6-10-17/h4-12,14,21H,3,13,15-16H2,1-2H3/b25-22+/t21-/m0/s1. The molecule has 0 aliphatic carbocycles. The minimum absolute atomic E-state index is 0.258. The van der Waals surface area contributed by atoms with Crippen molar-refractivity contribution in [1.82, 2.24) is 9.47 Å². The molecule has 0 radical (unpaired) electrons. The van der Waals surface area contributed by atoms with E-state index >= 15 is 0 Å². The van der Waals surface area contributed by atoms with E-state index < -0.39 is 0 Å². The molecule has 31 heavy (non-hydrogen) atoms. The molecule has 0 bridgehead atoms. The van der Waals surface area contributed by atoms with Gasteiger partial charge in [-0.15, -0.1) is 11.8 Å². The number of methoxy groups -OCH3 is 1. The highest BCUT2D eigenvalue weighted by Crippen LogP contribution is 2.33. The fourth-order valence-electron chi connectivity index (χ4n) is 3.98. The summed E-state index contributed by atoms with van der Waals surface area (Å²) in [4.78, 5) is 31.4. The van der Waals surface area contributed by atoms with E-state index in [-0.39, 0.29) is 12.0 Å². The fourth-order valence-corrected chi connectivity index (χ4v) is 5.15. The van der Waals surface area contributed by atoms with Gasteiger partial charge in [-0.2, -0.15) is 0 Å². The van der Waals surface area contributed by atoms with Crippen molar-refractivity contribution in [3.05, 3.63) is 65.7 Å². The van der Waals surface area contributed by atoms with E-state index in [2.05, 4.69) is 16.7 Å². The van der Waals surface area contributed by atoms with Crippen molar-refractivity contribution in [3.8, 4) is 0 Å². The van der Waals surface area contributed by atoms with Crippen LogP contribution in [0.1, 0.15) is 29.3 Å². The molecule has 1 saturated heterocycles. The predicted molar refractivity (Wildman–Crippen MR) is 125 cm³/mol. The summed E-state index contributed by atoms with van der Waals surface area (Å²) in [5, 5.41) is 0.878. The molecule has 0 saturated carbocycles. The number of esters is 1. The molecule has 0 amide bonds. The fraction of sp³-hybridized carbons (Fsp3) is 0.292. The van der Waals surface area contributed by atoms with Crippen molar-refractivity contribution in [1.29, 1.82) is 0 Å². The molecule has 1 aliphatic heterocycles.